The molecule has 3 aliphatic carbocycles. The molecule has 0 aromatic carbocycles. The molecule has 3 nitrogen and oxygen atoms in total. The molecule has 128 valence electrons. The van der Waals surface area contributed by atoms with E-state index in [1.165, 1.54) is 0 Å². The molecular weight excluding hydrogens is 288 g/mol. The second kappa shape index (κ2) is 5.29. The predicted molar refractivity (Wildman–Crippen MR) is 90.7 cm³/mol. The minimum absolute atomic E-state index is 0.140. The summed E-state index contributed by atoms with van der Waals surface area (Å²) in [5.41, 5.74) is 0.299. The number of fused-ring (bicyclic) bond motifs is 3. The molecule has 3 aliphatic rings. The van der Waals surface area contributed by atoms with Crippen molar-refractivity contribution in [3.63, 3.8) is 0 Å². The highest BCUT2D eigenvalue weighted by Crippen LogP contribution is 2.63. The molecule has 0 aromatic heterocycles. The third kappa shape index (κ3) is 2.12. The summed E-state index contributed by atoms with van der Waals surface area (Å²) in [5.74, 6) is 0.713. The van der Waals surface area contributed by atoms with Gasteiger partial charge >= 0.3 is 0 Å². The van der Waals surface area contributed by atoms with Crippen LogP contribution in [-0.2, 0) is 4.79 Å². The van der Waals surface area contributed by atoms with Crippen molar-refractivity contribution < 1.29 is 15.0 Å². The predicted octanol–water partition coefficient (Wildman–Crippen LogP) is 3.12. The topological polar surface area (TPSA) is 57.5 Å². The van der Waals surface area contributed by atoms with Crippen LogP contribution in [0.2, 0.25) is 0 Å². The summed E-state index contributed by atoms with van der Waals surface area (Å²) >= 11 is 0. The zero-order chi connectivity index (χ0) is 17.2. The first-order valence-corrected chi connectivity index (χ1v) is 8.89. The molecule has 0 spiro atoms. The highest BCUT2D eigenvalue weighted by Gasteiger charge is 2.63. The minimum atomic E-state index is -0.627. The van der Waals surface area contributed by atoms with Gasteiger partial charge in [0.2, 0.25) is 0 Å². The third-order valence-corrected chi connectivity index (χ3v) is 7.58. The fraction of sp³-hybridized carbons (Fsp3) is 0.750. The summed E-state index contributed by atoms with van der Waals surface area (Å²) in [6.45, 7) is 12.3. The Morgan fingerprint density at radius 1 is 1.22 bits per heavy atom. The lowest BCUT2D eigenvalue weighted by atomic mass is 9.42. The number of hydrogen-bond donors (Lipinski definition) is 2. The van der Waals surface area contributed by atoms with E-state index in [4.69, 9.17) is 0 Å². The Balaban J connectivity index is 2.09. The van der Waals surface area contributed by atoms with Crippen molar-refractivity contribution in [1.82, 2.24) is 0 Å². The quantitative estimate of drug-likeness (QED) is 0.781. The van der Waals surface area contributed by atoms with Crippen LogP contribution >= 0.6 is 0 Å². The molecule has 0 aliphatic heterocycles. The van der Waals surface area contributed by atoms with Gasteiger partial charge in [-0.3, -0.25) is 4.79 Å². The third-order valence-electron chi connectivity index (χ3n) is 7.58. The van der Waals surface area contributed by atoms with Crippen LogP contribution in [0, 0.1) is 34.5 Å². The van der Waals surface area contributed by atoms with Crippen LogP contribution in [0.5, 0.6) is 0 Å². The lowest BCUT2D eigenvalue weighted by Crippen LogP contribution is -2.64. The largest absolute Gasteiger partial charge is 0.392 e. The monoisotopic (exact) mass is 318 g/mol. The van der Waals surface area contributed by atoms with Crippen LogP contribution < -0.4 is 0 Å². The SMILES string of the molecule is C=CC1=CC(=O)[C@@H]2[C@H](CC[C@@H]3C(C)(C)[C@H](O)C[C@H](O)[C@@]23C)[C@@H]1C. The van der Waals surface area contributed by atoms with Crippen molar-refractivity contribution in [2.75, 3.05) is 0 Å². The van der Waals surface area contributed by atoms with Crippen LogP contribution in [0.15, 0.2) is 24.3 Å². The van der Waals surface area contributed by atoms with Gasteiger partial charge in [-0.05, 0) is 47.7 Å². The molecule has 3 rings (SSSR count). The zero-order valence-electron chi connectivity index (χ0n) is 14.7. The molecule has 2 N–H and O–H groups in total. The standard InChI is InChI=1S/C20H30O3/c1-6-12-9-14(21)18-13(11(12)2)7-8-15-19(3,4)16(22)10-17(23)20(15,18)5/h6,9,11,13,15-18,22-23H,1,7-8,10H2,2-5H3/t11-,13-,15-,16-,17+,18+,20+/m1/s1. The average molecular weight is 318 g/mol. The molecule has 0 bridgehead atoms. The molecule has 23 heavy (non-hydrogen) atoms. The van der Waals surface area contributed by atoms with E-state index >= 15 is 0 Å². The first kappa shape index (κ1) is 16.9. The Morgan fingerprint density at radius 3 is 2.48 bits per heavy atom. The number of carbonyl (C=O) groups is 1. The van der Waals surface area contributed by atoms with E-state index < -0.39 is 17.6 Å². The van der Waals surface area contributed by atoms with Gasteiger partial charge in [0.1, 0.15) is 0 Å². The number of ketones is 1. The molecule has 0 heterocycles. The van der Waals surface area contributed by atoms with E-state index in [0.29, 0.717) is 12.3 Å². The van der Waals surface area contributed by atoms with Crippen molar-refractivity contribution in [2.45, 2.75) is 59.2 Å². The lowest BCUT2D eigenvalue weighted by Gasteiger charge is -2.63. The van der Waals surface area contributed by atoms with Crippen molar-refractivity contribution in [3.05, 3.63) is 24.3 Å². The van der Waals surface area contributed by atoms with Crippen molar-refractivity contribution >= 4 is 5.78 Å². The molecule has 0 saturated heterocycles. The molecule has 3 heteroatoms. The van der Waals surface area contributed by atoms with E-state index in [0.717, 1.165) is 18.4 Å². The lowest BCUT2D eigenvalue weighted by molar-refractivity contribution is -0.209. The maximum atomic E-state index is 12.9. The first-order valence-electron chi connectivity index (χ1n) is 8.89. The summed E-state index contributed by atoms with van der Waals surface area (Å²) < 4.78 is 0. The van der Waals surface area contributed by atoms with E-state index in [9.17, 15) is 15.0 Å². The average Bonchev–Trinajstić information content (AvgIpc) is 2.48. The molecule has 0 radical (unpaired) electrons. The van der Waals surface area contributed by atoms with Crippen LogP contribution in [0.25, 0.3) is 0 Å². The second-order valence-electron chi connectivity index (χ2n) is 8.77. The molecule has 0 aromatic rings. The van der Waals surface area contributed by atoms with Gasteiger partial charge in [-0.25, -0.2) is 0 Å². The fourth-order valence-electron chi connectivity index (χ4n) is 6.06. The van der Waals surface area contributed by atoms with Gasteiger partial charge in [-0.15, -0.1) is 0 Å². The number of rotatable bonds is 1. The summed E-state index contributed by atoms with van der Waals surface area (Å²) in [6.07, 6.45) is 4.71. The fourth-order valence-corrected chi connectivity index (χ4v) is 6.06. The molecule has 0 amide bonds. The number of aliphatic hydroxyl groups is 2. The van der Waals surface area contributed by atoms with E-state index in [2.05, 4.69) is 34.3 Å². The molecule has 7 atom stereocenters. The van der Waals surface area contributed by atoms with Gasteiger partial charge in [0, 0.05) is 17.8 Å². The van der Waals surface area contributed by atoms with Crippen LogP contribution in [0.3, 0.4) is 0 Å². The normalized spacial score (nSPS) is 49.0. The summed E-state index contributed by atoms with van der Waals surface area (Å²) in [7, 11) is 0. The molecule has 2 saturated carbocycles. The summed E-state index contributed by atoms with van der Waals surface area (Å²) in [6, 6.07) is 0. The van der Waals surface area contributed by atoms with Gasteiger partial charge in [0.15, 0.2) is 5.78 Å². The van der Waals surface area contributed by atoms with E-state index in [-0.39, 0.29) is 29.0 Å². The van der Waals surface area contributed by atoms with Crippen LogP contribution in [-0.4, -0.2) is 28.2 Å². The maximum absolute atomic E-state index is 12.9. The highest BCUT2D eigenvalue weighted by molar-refractivity contribution is 5.95. The Hall–Kier alpha value is -0.930. The van der Waals surface area contributed by atoms with E-state index in [1.807, 2.05) is 0 Å². The van der Waals surface area contributed by atoms with Crippen LogP contribution in [0.1, 0.15) is 47.0 Å². The van der Waals surface area contributed by atoms with Crippen LogP contribution in [0.4, 0.5) is 0 Å². The van der Waals surface area contributed by atoms with Crippen molar-refractivity contribution in [3.8, 4) is 0 Å². The van der Waals surface area contributed by atoms with Gasteiger partial charge in [-0.2, -0.15) is 0 Å². The second-order valence-corrected chi connectivity index (χ2v) is 8.77. The minimum Gasteiger partial charge on any atom is -0.392 e. The molecule has 2 fully saturated rings. The smallest absolute Gasteiger partial charge is 0.159 e. The van der Waals surface area contributed by atoms with Crippen molar-refractivity contribution in [1.29, 1.82) is 0 Å². The maximum Gasteiger partial charge on any atom is 0.159 e. The molecule has 0 unspecified atom stereocenters. The Kier molecular flexibility index (Phi) is 3.89. The molecular formula is C20H30O3. The number of allylic oxidation sites excluding steroid dienone is 3. The Labute approximate surface area is 139 Å². The van der Waals surface area contributed by atoms with Gasteiger partial charge < -0.3 is 10.2 Å². The van der Waals surface area contributed by atoms with Gasteiger partial charge in [0.25, 0.3) is 0 Å². The van der Waals surface area contributed by atoms with E-state index in [1.54, 1.807) is 12.2 Å². The summed E-state index contributed by atoms with van der Waals surface area (Å²) in [5, 5.41) is 21.4. The zero-order valence-corrected chi connectivity index (χ0v) is 14.7. The summed E-state index contributed by atoms with van der Waals surface area (Å²) in [4.78, 5) is 12.9. The van der Waals surface area contributed by atoms with Gasteiger partial charge in [-0.1, -0.05) is 40.3 Å². The van der Waals surface area contributed by atoms with Gasteiger partial charge in [0.05, 0.1) is 12.2 Å². The Morgan fingerprint density at radius 2 is 1.87 bits per heavy atom. The number of carbonyl (C=O) groups excluding carboxylic acids is 1. The highest BCUT2D eigenvalue weighted by atomic mass is 16.3. The first-order chi connectivity index (χ1) is 10.7. The number of hydrogen-bond acceptors (Lipinski definition) is 3. The Bertz CT molecular complexity index is 561. The van der Waals surface area contributed by atoms with Crippen molar-refractivity contribution in [2.24, 2.45) is 34.5 Å². The number of aliphatic hydroxyl groups excluding tert-OH is 2.